The SMILES string of the molecule is COCc1cc(C(=O)OC)n(COCC[Si](C)(C)C)n1. The molecule has 7 heteroatoms. The van der Waals surface area contributed by atoms with Crippen molar-refractivity contribution in [2.24, 2.45) is 0 Å². The van der Waals surface area contributed by atoms with E-state index in [1.807, 2.05) is 0 Å². The normalized spacial score (nSPS) is 11.7. The third kappa shape index (κ3) is 5.44. The zero-order valence-electron chi connectivity index (χ0n) is 12.9. The molecule has 0 aliphatic heterocycles. The molecular formula is C13H24N2O4Si. The van der Waals surface area contributed by atoms with Crippen LogP contribution in [0.5, 0.6) is 0 Å². The van der Waals surface area contributed by atoms with Crippen LogP contribution in [0.4, 0.5) is 0 Å². The van der Waals surface area contributed by atoms with E-state index in [4.69, 9.17) is 14.2 Å². The van der Waals surface area contributed by atoms with Crippen LogP contribution in [0.1, 0.15) is 16.2 Å². The highest BCUT2D eigenvalue weighted by Gasteiger charge is 2.16. The molecule has 0 saturated heterocycles. The minimum absolute atomic E-state index is 0.249. The second-order valence-corrected chi connectivity index (χ2v) is 11.4. The van der Waals surface area contributed by atoms with E-state index in [0.29, 0.717) is 24.6 Å². The van der Waals surface area contributed by atoms with Crippen LogP contribution in [-0.2, 0) is 27.5 Å². The van der Waals surface area contributed by atoms with Crippen molar-refractivity contribution in [1.82, 2.24) is 9.78 Å². The smallest absolute Gasteiger partial charge is 0.356 e. The Balaban J connectivity index is 2.65. The van der Waals surface area contributed by atoms with Gasteiger partial charge in [0.15, 0.2) is 0 Å². The van der Waals surface area contributed by atoms with E-state index in [0.717, 1.165) is 6.04 Å². The van der Waals surface area contributed by atoms with Gasteiger partial charge in [-0.3, -0.25) is 0 Å². The highest BCUT2D eigenvalue weighted by Crippen LogP contribution is 2.10. The maximum atomic E-state index is 11.7. The monoisotopic (exact) mass is 300 g/mol. The number of carbonyl (C=O) groups excluding carboxylic acids is 1. The fourth-order valence-electron chi connectivity index (χ4n) is 1.59. The topological polar surface area (TPSA) is 62.6 Å². The van der Waals surface area contributed by atoms with Gasteiger partial charge in [0.1, 0.15) is 12.4 Å². The zero-order chi connectivity index (χ0) is 15.2. The van der Waals surface area contributed by atoms with Crippen LogP contribution in [0, 0.1) is 0 Å². The average molecular weight is 300 g/mol. The van der Waals surface area contributed by atoms with Crippen molar-refractivity contribution in [1.29, 1.82) is 0 Å². The molecular weight excluding hydrogens is 276 g/mol. The van der Waals surface area contributed by atoms with Crippen LogP contribution in [0.3, 0.4) is 0 Å². The summed E-state index contributed by atoms with van der Waals surface area (Å²) in [5.41, 5.74) is 1.06. The summed E-state index contributed by atoms with van der Waals surface area (Å²) in [7, 11) is 1.82. The van der Waals surface area contributed by atoms with Gasteiger partial charge in [0.2, 0.25) is 0 Å². The first kappa shape index (κ1) is 16.9. The Hall–Kier alpha value is -1.18. The van der Waals surface area contributed by atoms with Gasteiger partial charge in [-0.15, -0.1) is 0 Å². The fourth-order valence-corrected chi connectivity index (χ4v) is 2.34. The van der Waals surface area contributed by atoms with Gasteiger partial charge < -0.3 is 14.2 Å². The summed E-state index contributed by atoms with van der Waals surface area (Å²) in [5, 5.41) is 4.28. The fraction of sp³-hybridized carbons (Fsp3) is 0.692. The molecule has 0 N–H and O–H groups in total. The van der Waals surface area contributed by atoms with Crippen molar-refractivity contribution in [3.8, 4) is 0 Å². The predicted molar refractivity (Wildman–Crippen MR) is 78.4 cm³/mol. The summed E-state index contributed by atoms with van der Waals surface area (Å²) >= 11 is 0. The zero-order valence-corrected chi connectivity index (χ0v) is 13.9. The van der Waals surface area contributed by atoms with Crippen LogP contribution < -0.4 is 0 Å². The lowest BCUT2D eigenvalue weighted by atomic mass is 10.3. The maximum Gasteiger partial charge on any atom is 0.356 e. The Bertz CT molecular complexity index is 440. The minimum atomic E-state index is -1.11. The van der Waals surface area contributed by atoms with Crippen molar-refractivity contribution >= 4 is 14.0 Å². The molecule has 6 nitrogen and oxygen atoms in total. The number of esters is 1. The molecule has 0 amide bonds. The Morgan fingerprint density at radius 1 is 1.35 bits per heavy atom. The first-order valence-electron chi connectivity index (χ1n) is 6.59. The largest absolute Gasteiger partial charge is 0.464 e. The molecule has 1 aromatic heterocycles. The molecule has 1 rings (SSSR count). The second-order valence-electron chi connectivity index (χ2n) is 5.79. The lowest BCUT2D eigenvalue weighted by Gasteiger charge is -2.15. The molecule has 0 aliphatic rings. The van der Waals surface area contributed by atoms with Gasteiger partial charge in [-0.05, 0) is 12.1 Å². The third-order valence-corrected chi connectivity index (χ3v) is 4.43. The van der Waals surface area contributed by atoms with Crippen molar-refractivity contribution in [3.63, 3.8) is 0 Å². The summed E-state index contributed by atoms with van der Waals surface area (Å²) in [6.07, 6.45) is 0. The van der Waals surface area contributed by atoms with Gasteiger partial charge in [-0.25, -0.2) is 9.48 Å². The molecule has 114 valence electrons. The quantitative estimate of drug-likeness (QED) is 0.418. The summed E-state index contributed by atoms with van der Waals surface area (Å²) in [6.45, 7) is 8.16. The molecule has 0 bridgehead atoms. The highest BCUT2D eigenvalue weighted by molar-refractivity contribution is 6.76. The van der Waals surface area contributed by atoms with Gasteiger partial charge in [0.05, 0.1) is 19.4 Å². The van der Waals surface area contributed by atoms with Crippen LogP contribution in [0.2, 0.25) is 25.7 Å². The molecule has 0 aliphatic carbocycles. The number of aromatic nitrogens is 2. The molecule has 1 aromatic rings. The van der Waals surface area contributed by atoms with Gasteiger partial charge in [-0.1, -0.05) is 19.6 Å². The lowest BCUT2D eigenvalue weighted by Crippen LogP contribution is -2.22. The molecule has 0 aromatic carbocycles. The second kappa shape index (κ2) is 7.56. The van der Waals surface area contributed by atoms with Gasteiger partial charge in [0, 0.05) is 21.8 Å². The van der Waals surface area contributed by atoms with Crippen LogP contribution in [-0.4, -0.2) is 44.7 Å². The number of hydrogen-bond donors (Lipinski definition) is 0. The van der Waals surface area contributed by atoms with Crippen molar-refractivity contribution in [3.05, 3.63) is 17.5 Å². The van der Waals surface area contributed by atoms with Crippen molar-refractivity contribution in [2.75, 3.05) is 20.8 Å². The van der Waals surface area contributed by atoms with E-state index in [9.17, 15) is 4.79 Å². The van der Waals surface area contributed by atoms with E-state index >= 15 is 0 Å². The predicted octanol–water partition coefficient (Wildman–Crippen LogP) is 2.13. The summed E-state index contributed by atoms with van der Waals surface area (Å²) in [6, 6.07) is 2.74. The van der Waals surface area contributed by atoms with E-state index in [-0.39, 0.29) is 6.73 Å². The first-order chi connectivity index (χ1) is 9.37. The highest BCUT2D eigenvalue weighted by atomic mass is 28.3. The molecule has 1 heterocycles. The molecule has 0 atom stereocenters. The van der Waals surface area contributed by atoms with Crippen molar-refractivity contribution in [2.45, 2.75) is 39.0 Å². The third-order valence-electron chi connectivity index (χ3n) is 2.73. The standard InChI is InChI=1S/C13H24N2O4Si/c1-17-9-11-8-12(13(16)18-2)15(14-11)10-19-6-7-20(3,4)5/h8H,6-7,9-10H2,1-5H3. The molecule has 20 heavy (non-hydrogen) atoms. The molecule has 0 spiro atoms. The number of rotatable bonds is 8. The van der Waals surface area contributed by atoms with E-state index in [2.05, 4.69) is 24.7 Å². The Kier molecular flexibility index (Phi) is 6.38. The molecule has 0 unspecified atom stereocenters. The summed E-state index contributed by atoms with van der Waals surface area (Å²) < 4.78 is 16.9. The van der Waals surface area contributed by atoms with E-state index in [1.54, 1.807) is 13.2 Å². The summed E-state index contributed by atoms with van der Waals surface area (Å²) in [5.74, 6) is -0.423. The number of nitrogens with zero attached hydrogens (tertiary/aromatic N) is 2. The minimum Gasteiger partial charge on any atom is -0.464 e. The lowest BCUT2D eigenvalue weighted by molar-refractivity contribution is 0.0516. The number of ether oxygens (including phenoxy) is 3. The van der Waals surface area contributed by atoms with E-state index in [1.165, 1.54) is 11.8 Å². The van der Waals surface area contributed by atoms with Gasteiger partial charge >= 0.3 is 5.97 Å². The van der Waals surface area contributed by atoms with E-state index < -0.39 is 14.0 Å². The average Bonchev–Trinajstić information content (AvgIpc) is 2.76. The Morgan fingerprint density at radius 2 is 2.05 bits per heavy atom. The van der Waals surface area contributed by atoms with Crippen LogP contribution in [0.15, 0.2) is 6.07 Å². The maximum absolute atomic E-state index is 11.7. The number of methoxy groups -OCH3 is 2. The Morgan fingerprint density at radius 3 is 2.60 bits per heavy atom. The van der Waals surface area contributed by atoms with Gasteiger partial charge in [0.25, 0.3) is 0 Å². The summed E-state index contributed by atoms with van der Waals surface area (Å²) in [4.78, 5) is 11.7. The number of carbonyl (C=O) groups is 1. The molecule has 0 radical (unpaired) electrons. The van der Waals surface area contributed by atoms with Crippen molar-refractivity contribution < 1.29 is 19.0 Å². The number of hydrogen-bond acceptors (Lipinski definition) is 5. The van der Waals surface area contributed by atoms with Crippen LogP contribution >= 0.6 is 0 Å². The van der Waals surface area contributed by atoms with Gasteiger partial charge in [-0.2, -0.15) is 5.10 Å². The first-order valence-corrected chi connectivity index (χ1v) is 10.3. The Labute approximate surface area is 121 Å². The molecule has 0 fully saturated rings. The molecule has 0 saturated carbocycles. The van der Waals surface area contributed by atoms with Crippen LogP contribution in [0.25, 0.3) is 0 Å².